The van der Waals surface area contributed by atoms with Crippen LogP contribution in [0.2, 0.25) is 0 Å². The van der Waals surface area contributed by atoms with Gasteiger partial charge in [0, 0.05) is 19.1 Å². The second kappa shape index (κ2) is 7.41. The number of hydrogen-bond acceptors (Lipinski definition) is 3. The van der Waals surface area contributed by atoms with E-state index in [-0.39, 0.29) is 6.04 Å². The number of carbonyl (C=O) groups is 1. The van der Waals surface area contributed by atoms with Crippen LogP contribution in [0.5, 0.6) is 0 Å². The fourth-order valence-electron chi connectivity index (χ4n) is 3.61. The fraction of sp³-hybridized carbons (Fsp3) is 0.938. The van der Waals surface area contributed by atoms with E-state index in [1.165, 1.54) is 32.1 Å². The Hall–Kier alpha value is -0.610. The maximum absolute atomic E-state index is 12.4. The summed E-state index contributed by atoms with van der Waals surface area (Å²) >= 11 is 0. The van der Waals surface area contributed by atoms with Gasteiger partial charge in [-0.15, -0.1) is 0 Å². The lowest BCUT2D eigenvalue weighted by atomic mass is 9.91. The third kappa shape index (κ3) is 4.19. The van der Waals surface area contributed by atoms with Gasteiger partial charge >= 0.3 is 0 Å². The van der Waals surface area contributed by atoms with Gasteiger partial charge < -0.3 is 10.6 Å². The molecule has 0 aromatic carbocycles. The van der Waals surface area contributed by atoms with Gasteiger partial charge in [0.2, 0.25) is 5.91 Å². The lowest BCUT2D eigenvalue weighted by Crippen LogP contribution is -2.47. The highest BCUT2D eigenvalue weighted by molar-refractivity contribution is 5.78. The quantitative estimate of drug-likeness (QED) is 0.855. The number of likely N-dealkylation sites (tertiary alicyclic amines) is 1. The van der Waals surface area contributed by atoms with Gasteiger partial charge in [0.15, 0.2) is 0 Å². The smallest absolute Gasteiger partial charge is 0.236 e. The van der Waals surface area contributed by atoms with Crippen LogP contribution in [0.1, 0.15) is 51.9 Å². The first kappa shape index (κ1) is 15.8. The van der Waals surface area contributed by atoms with E-state index >= 15 is 0 Å². The summed E-state index contributed by atoms with van der Waals surface area (Å²) in [5, 5.41) is 0. The van der Waals surface area contributed by atoms with Gasteiger partial charge in [0.05, 0.1) is 6.54 Å². The van der Waals surface area contributed by atoms with Crippen molar-refractivity contribution in [2.75, 3.05) is 26.7 Å². The van der Waals surface area contributed by atoms with Gasteiger partial charge in [-0.25, -0.2) is 0 Å². The molecule has 1 atom stereocenters. The van der Waals surface area contributed by atoms with Crippen LogP contribution in [0.15, 0.2) is 0 Å². The van der Waals surface area contributed by atoms with Crippen molar-refractivity contribution in [2.24, 2.45) is 11.7 Å². The number of rotatable bonds is 4. The molecule has 1 unspecified atom stereocenters. The van der Waals surface area contributed by atoms with Crippen LogP contribution in [0.4, 0.5) is 0 Å². The van der Waals surface area contributed by atoms with Crippen molar-refractivity contribution in [3.05, 3.63) is 0 Å². The van der Waals surface area contributed by atoms with Gasteiger partial charge in [-0.1, -0.05) is 19.3 Å². The average Bonchev–Trinajstić information content (AvgIpc) is 2.48. The molecule has 0 aromatic rings. The molecule has 2 N–H and O–H groups in total. The number of amides is 1. The second-order valence-corrected chi connectivity index (χ2v) is 6.77. The molecule has 1 saturated heterocycles. The minimum Gasteiger partial charge on any atom is -0.342 e. The summed E-state index contributed by atoms with van der Waals surface area (Å²) in [5.74, 6) is 0.938. The molecule has 1 amide bonds. The van der Waals surface area contributed by atoms with Gasteiger partial charge in [0.1, 0.15) is 0 Å². The van der Waals surface area contributed by atoms with E-state index in [4.69, 9.17) is 5.73 Å². The maximum Gasteiger partial charge on any atom is 0.236 e. The molecule has 2 rings (SSSR count). The van der Waals surface area contributed by atoms with Crippen molar-refractivity contribution in [1.29, 1.82) is 0 Å². The van der Waals surface area contributed by atoms with Crippen LogP contribution in [-0.4, -0.2) is 54.5 Å². The maximum atomic E-state index is 12.4. The van der Waals surface area contributed by atoms with Crippen LogP contribution in [0.3, 0.4) is 0 Å². The Labute approximate surface area is 123 Å². The largest absolute Gasteiger partial charge is 0.342 e. The normalized spacial score (nSPS) is 24.6. The van der Waals surface area contributed by atoms with Crippen molar-refractivity contribution in [2.45, 2.75) is 64.0 Å². The van der Waals surface area contributed by atoms with Crippen molar-refractivity contribution in [3.63, 3.8) is 0 Å². The highest BCUT2D eigenvalue weighted by Gasteiger charge is 2.26. The van der Waals surface area contributed by atoms with Crippen LogP contribution in [-0.2, 0) is 4.79 Å². The molecule has 0 aromatic heterocycles. The lowest BCUT2D eigenvalue weighted by molar-refractivity contribution is -0.134. The van der Waals surface area contributed by atoms with Crippen LogP contribution < -0.4 is 5.73 Å². The summed E-state index contributed by atoms with van der Waals surface area (Å²) in [5.41, 5.74) is 5.97. The van der Waals surface area contributed by atoms with Crippen molar-refractivity contribution >= 4 is 5.91 Å². The van der Waals surface area contributed by atoms with Crippen molar-refractivity contribution < 1.29 is 4.79 Å². The number of likely N-dealkylation sites (N-methyl/N-ethyl adjacent to an activating group) is 1. The Morgan fingerprint density at radius 3 is 2.35 bits per heavy atom. The Kier molecular flexibility index (Phi) is 5.85. The Balaban J connectivity index is 1.74. The van der Waals surface area contributed by atoms with Gasteiger partial charge in [-0.3, -0.25) is 9.69 Å². The molecule has 0 spiro atoms. The van der Waals surface area contributed by atoms with Crippen LogP contribution in [0.25, 0.3) is 0 Å². The Morgan fingerprint density at radius 2 is 1.80 bits per heavy atom. The summed E-state index contributed by atoms with van der Waals surface area (Å²) in [4.78, 5) is 16.7. The van der Waals surface area contributed by atoms with E-state index in [1.54, 1.807) is 0 Å². The Bertz CT molecular complexity index is 305. The minimum absolute atomic E-state index is 0.290. The summed E-state index contributed by atoms with van der Waals surface area (Å²) in [7, 11) is 1.99. The zero-order valence-corrected chi connectivity index (χ0v) is 13.2. The van der Waals surface area contributed by atoms with E-state index in [0.29, 0.717) is 24.4 Å². The van der Waals surface area contributed by atoms with E-state index < -0.39 is 0 Å². The fourth-order valence-corrected chi connectivity index (χ4v) is 3.61. The number of carbonyl (C=O) groups excluding carboxylic acids is 1. The zero-order valence-electron chi connectivity index (χ0n) is 13.2. The molecule has 2 aliphatic rings. The van der Waals surface area contributed by atoms with Crippen molar-refractivity contribution in [1.82, 2.24) is 9.80 Å². The van der Waals surface area contributed by atoms with Gasteiger partial charge in [-0.05, 0) is 51.6 Å². The van der Waals surface area contributed by atoms with Crippen molar-refractivity contribution in [3.8, 4) is 0 Å². The highest BCUT2D eigenvalue weighted by atomic mass is 16.2. The highest BCUT2D eigenvalue weighted by Crippen LogP contribution is 2.23. The first-order valence-corrected chi connectivity index (χ1v) is 8.31. The number of nitrogens with two attached hydrogens (primary N) is 1. The van der Waals surface area contributed by atoms with E-state index in [2.05, 4.69) is 11.8 Å². The first-order valence-electron chi connectivity index (χ1n) is 8.31. The van der Waals surface area contributed by atoms with E-state index in [9.17, 15) is 4.79 Å². The van der Waals surface area contributed by atoms with E-state index in [1.807, 2.05) is 11.9 Å². The molecule has 1 aliphatic heterocycles. The predicted molar refractivity (Wildman–Crippen MR) is 82.5 cm³/mol. The molecule has 1 saturated carbocycles. The molecular weight excluding hydrogens is 250 g/mol. The molecule has 1 heterocycles. The number of nitrogens with zero attached hydrogens (tertiary/aromatic N) is 2. The lowest BCUT2D eigenvalue weighted by Gasteiger charge is -2.36. The minimum atomic E-state index is 0.290. The summed E-state index contributed by atoms with van der Waals surface area (Å²) in [6.07, 6.45) is 8.55. The van der Waals surface area contributed by atoms with Gasteiger partial charge in [0.25, 0.3) is 0 Å². The molecule has 116 valence electrons. The first-order chi connectivity index (χ1) is 9.58. The molecule has 2 fully saturated rings. The molecular formula is C16H31N3O. The Morgan fingerprint density at radius 1 is 1.20 bits per heavy atom. The van der Waals surface area contributed by atoms with Crippen LogP contribution >= 0.6 is 0 Å². The summed E-state index contributed by atoms with van der Waals surface area (Å²) in [6, 6.07) is 0.774. The predicted octanol–water partition coefficient (Wildman–Crippen LogP) is 1.84. The molecule has 4 heteroatoms. The molecule has 0 radical (unpaired) electrons. The summed E-state index contributed by atoms with van der Waals surface area (Å²) < 4.78 is 0. The topological polar surface area (TPSA) is 49.6 Å². The average molecular weight is 281 g/mol. The third-order valence-corrected chi connectivity index (χ3v) is 5.25. The van der Waals surface area contributed by atoms with Gasteiger partial charge in [-0.2, -0.15) is 0 Å². The zero-order chi connectivity index (χ0) is 14.5. The molecule has 4 nitrogen and oxygen atoms in total. The number of piperidine rings is 1. The second-order valence-electron chi connectivity index (χ2n) is 6.77. The number of hydrogen-bond donors (Lipinski definition) is 1. The molecule has 1 aliphatic carbocycles. The summed E-state index contributed by atoms with van der Waals surface area (Å²) in [6.45, 7) is 4.74. The third-order valence-electron chi connectivity index (χ3n) is 5.25. The van der Waals surface area contributed by atoms with E-state index in [0.717, 1.165) is 25.9 Å². The molecule has 0 bridgehead atoms. The molecule has 20 heavy (non-hydrogen) atoms. The monoisotopic (exact) mass is 281 g/mol. The van der Waals surface area contributed by atoms with Crippen LogP contribution in [0, 0.1) is 5.92 Å². The standard InChI is InChI=1S/C16H31N3O/c1-13(17)14-8-10-19(11-9-14)12-16(20)18(2)15-6-4-3-5-7-15/h13-15H,3-12,17H2,1-2H3. The SMILES string of the molecule is CC(N)C1CCN(CC(=O)N(C)C2CCCCC2)CC1.